The minimum atomic E-state index is -0.190. The van der Waals surface area contributed by atoms with E-state index in [1.807, 2.05) is 25.2 Å². The maximum absolute atomic E-state index is 12.5. The van der Waals surface area contributed by atoms with Crippen molar-refractivity contribution in [3.05, 3.63) is 42.0 Å². The van der Waals surface area contributed by atoms with Crippen LogP contribution in [0.1, 0.15) is 12.5 Å². The van der Waals surface area contributed by atoms with E-state index in [1.165, 1.54) is 14.0 Å². The van der Waals surface area contributed by atoms with Crippen molar-refractivity contribution in [2.24, 2.45) is 0 Å². The lowest BCUT2D eigenvalue weighted by atomic mass is 10.1. The van der Waals surface area contributed by atoms with E-state index in [9.17, 15) is 9.59 Å². The van der Waals surface area contributed by atoms with Crippen LogP contribution in [0, 0.1) is 0 Å². The highest BCUT2D eigenvalue weighted by molar-refractivity contribution is 5.95. The van der Waals surface area contributed by atoms with E-state index in [2.05, 4.69) is 10.6 Å². The largest absolute Gasteiger partial charge is 0.497 e. The maximum atomic E-state index is 12.5. The molecule has 0 aliphatic heterocycles. The van der Waals surface area contributed by atoms with Crippen LogP contribution in [0.25, 0.3) is 0 Å². The molecule has 0 saturated heterocycles. The van der Waals surface area contributed by atoms with Gasteiger partial charge in [0.25, 0.3) is 5.91 Å². The van der Waals surface area contributed by atoms with Crippen LogP contribution in [0.15, 0.2) is 36.4 Å². The van der Waals surface area contributed by atoms with E-state index in [-0.39, 0.29) is 18.4 Å². The molecule has 0 aromatic heterocycles. The summed E-state index contributed by atoms with van der Waals surface area (Å²) in [5.74, 6) is 1.58. The summed E-state index contributed by atoms with van der Waals surface area (Å²) in [7, 11) is 6.66. The van der Waals surface area contributed by atoms with Crippen molar-refractivity contribution in [2.45, 2.75) is 13.5 Å². The second kappa shape index (κ2) is 10.3. The molecule has 8 heteroatoms. The molecule has 156 valence electrons. The summed E-state index contributed by atoms with van der Waals surface area (Å²) in [5, 5.41) is 5.54. The zero-order valence-corrected chi connectivity index (χ0v) is 17.4. The number of carbonyl (C=O) groups excluding carboxylic acids is 2. The quantitative estimate of drug-likeness (QED) is 0.589. The molecule has 29 heavy (non-hydrogen) atoms. The van der Waals surface area contributed by atoms with Gasteiger partial charge in [-0.1, -0.05) is 0 Å². The molecule has 0 bridgehead atoms. The third-order valence-corrected chi connectivity index (χ3v) is 4.24. The lowest BCUT2D eigenvalue weighted by Crippen LogP contribution is -3.08. The van der Waals surface area contributed by atoms with Crippen molar-refractivity contribution in [3.63, 3.8) is 0 Å². The molecule has 0 radical (unpaired) electrons. The number of anilines is 2. The molecule has 2 aromatic rings. The lowest BCUT2D eigenvalue weighted by Gasteiger charge is -2.17. The fraction of sp³-hybridized carbons (Fsp3) is 0.333. The number of methoxy groups -OCH3 is 3. The Balaban J connectivity index is 2.04. The SMILES string of the molecule is COc1ccc(C[NH+](C)CC(=O)Nc2cc(NC(C)=O)ccc2OC)c(OC)c1. The van der Waals surface area contributed by atoms with Gasteiger partial charge in [-0.05, 0) is 30.3 Å². The van der Waals surface area contributed by atoms with Crippen LogP contribution >= 0.6 is 0 Å². The van der Waals surface area contributed by atoms with Crippen LogP contribution in [0.2, 0.25) is 0 Å². The van der Waals surface area contributed by atoms with Crippen LogP contribution < -0.4 is 29.7 Å². The van der Waals surface area contributed by atoms with Gasteiger partial charge in [-0.25, -0.2) is 0 Å². The number of nitrogens with one attached hydrogen (secondary N) is 3. The number of amides is 2. The average molecular weight is 402 g/mol. The summed E-state index contributed by atoms with van der Waals surface area (Å²) in [4.78, 5) is 24.8. The number of ether oxygens (including phenoxy) is 3. The van der Waals surface area contributed by atoms with E-state index < -0.39 is 0 Å². The number of rotatable bonds is 9. The second-order valence-corrected chi connectivity index (χ2v) is 6.63. The molecule has 8 nitrogen and oxygen atoms in total. The van der Waals surface area contributed by atoms with Crippen LogP contribution in [0.4, 0.5) is 11.4 Å². The summed E-state index contributed by atoms with van der Waals surface area (Å²) >= 11 is 0. The van der Waals surface area contributed by atoms with E-state index in [0.29, 0.717) is 35.2 Å². The summed E-state index contributed by atoms with van der Waals surface area (Å²) in [6, 6.07) is 10.7. The van der Waals surface area contributed by atoms with Crippen molar-refractivity contribution < 1.29 is 28.7 Å². The molecule has 2 rings (SSSR count). The van der Waals surface area contributed by atoms with Gasteiger partial charge < -0.3 is 29.7 Å². The highest BCUT2D eigenvalue weighted by Crippen LogP contribution is 2.28. The van der Waals surface area contributed by atoms with E-state index in [4.69, 9.17) is 14.2 Å². The monoisotopic (exact) mass is 402 g/mol. The Labute approximate surface area is 170 Å². The summed E-state index contributed by atoms with van der Waals surface area (Å²) < 4.78 is 15.9. The van der Waals surface area contributed by atoms with Gasteiger partial charge in [0.15, 0.2) is 6.54 Å². The Morgan fingerprint density at radius 3 is 2.28 bits per heavy atom. The molecular formula is C21H28N3O5+. The van der Waals surface area contributed by atoms with Gasteiger partial charge in [-0.2, -0.15) is 0 Å². The van der Waals surface area contributed by atoms with Gasteiger partial charge in [-0.15, -0.1) is 0 Å². The standard InChI is InChI=1S/C21H27N3O5/c1-14(25)22-16-7-9-19(28-4)18(10-16)23-21(26)13-24(2)12-15-6-8-17(27-3)11-20(15)29-5/h6-11H,12-13H2,1-5H3,(H,22,25)(H,23,26)/p+1. The minimum Gasteiger partial charge on any atom is -0.497 e. The Hall–Kier alpha value is -3.26. The third kappa shape index (κ3) is 6.39. The fourth-order valence-electron chi connectivity index (χ4n) is 2.94. The summed E-state index contributed by atoms with van der Waals surface area (Å²) in [6.45, 7) is 2.26. The van der Waals surface area contributed by atoms with Gasteiger partial charge in [-0.3, -0.25) is 9.59 Å². The second-order valence-electron chi connectivity index (χ2n) is 6.63. The maximum Gasteiger partial charge on any atom is 0.279 e. The molecule has 3 N–H and O–H groups in total. The number of hydrogen-bond donors (Lipinski definition) is 3. The first-order valence-corrected chi connectivity index (χ1v) is 9.14. The first kappa shape index (κ1) is 22.0. The molecule has 2 aromatic carbocycles. The van der Waals surface area contributed by atoms with Crippen LogP contribution in [0.3, 0.4) is 0 Å². The van der Waals surface area contributed by atoms with Gasteiger partial charge >= 0.3 is 0 Å². The molecule has 1 unspecified atom stereocenters. The Morgan fingerprint density at radius 1 is 0.931 bits per heavy atom. The zero-order valence-electron chi connectivity index (χ0n) is 17.4. The highest BCUT2D eigenvalue weighted by atomic mass is 16.5. The van der Waals surface area contributed by atoms with Crippen molar-refractivity contribution >= 4 is 23.2 Å². The van der Waals surface area contributed by atoms with Crippen LogP contribution in [0.5, 0.6) is 17.2 Å². The molecule has 0 spiro atoms. The Bertz CT molecular complexity index is 869. The van der Waals surface area contributed by atoms with Crippen molar-refractivity contribution in [2.75, 3.05) is 45.6 Å². The molecule has 2 amide bonds. The lowest BCUT2D eigenvalue weighted by molar-refractivity contribution is -0.885. The normalized spacial score (nSPS) is 11.3. The molecule has 0 heterocycles. The Morgan fingerprint density at radius 2 is 1.66 bits per heavy atom. The molecule has 0 fully saturated rings. The number of likely N-dealkylation sites (N-methyl/N-ethyl adjacent to an activating group) is 1. The van der Waals surface area contributed by atoms with E-state index in [0.717, 1.165) is 10.5 Å². The highest BCUT2D eigenvalue weighted by Gasteiger charge is 2.16. The third-order valence-electron chi connectivity index (χ3n) is 4.24. The zero-order chi connectivity index (χ0) is 21.4. The van der Waals surface area contributed by atoms with E-state index >= 15 is 0 Å². The Kier molecular flexibility index (Phi) is 7.85. The van der Waals surface area contributed by atoms with Crippen molar-refractivity contribution in [1.29, 1.82) is 0 Å². The molecule has 1 atom stereocenters. The average Bonchev–Trinajstić information content (AvgIpc) is 2.67. The van der Waals surface area contributed by atoms with Gasteiger partial charge in [0, 0.05) is 24.2 Å². The smallest absolute Gasteiger partial charge is 0.279 e. The number of carbonyl (C=O) groups is 2. The molecule has 0 saturated carbocycles. The van der Waals surface area contributed by atoms with Crippen molar-refractivity contribution in [1.82, 2.24) is 0 Å². The molecule has 0 aliphatic carbocycles. The van der Waals surface area contributed by atoms with Gasteiger partial charge in [0.1, 0.15) is 23.8 Å². The van der Waals surface area contributed by atoms with Gasteiger partial charge in [0.2, 0.25) is 5.91 Å². The number of hydrogen-bond acceptors (Lipinski definition) is 5. The molecule has 0 aliphatic rings. The minimum absolute atomic E-state index is 0.173. The fourth-order valence-corrected chi connectivity index (χ4v) is 2.94. The molecular weight excluding hydrogens is 374 g/mol. The number of benzene rings is 2. The summed E-state index contributed by atoms with van der Waals surface area (Å²) in [6.07, 6.45) is 0. The first-order valence-electron chi connectivity index (χ1n) is 9.14. The summed E-state index contributed by atoms with van der Waals surface area (Å²) in [5.41, 5.74) is 2.06. The van der Waals surface area contributed by atoms with Crippen LogP contribution in [-0.2, 0) is 16.1 Å². The predicted molar refractivity (Wildman–Crippen MR) is 111 cm³/mol. The first-order chi connectivity index (χ1) is 13.9. The van der Waals surface area contributed by atoms with Crippen molar-refractivity contribution in [3.8, 4) is 17.2 Å². The van der Waals surface area contributed by atoms with E-state index in [1.54, 1.807) is 32.4 Å². The predicted octanol–water partition coefficient (Wildman–Crippen LogP) is 1.32. The topological polar surface area (TPSA) is 90.3 Å². The number of quaternary nitrogens is 1. The van der Waals surface area contributed by atoms with Crippen LogP contribution in [-0.4, -0.2) is 46.7 Å². The van der Waals surface area contributed by atoms with Gasteiger partial charge in [0.05, 0.1) is 34.1 Å².